The molecule has 0 atom stereocenters. The number of rotatable bonds is 3. The zero-order valence-corrected chi connectivity index (χ0v) is 6.59. The van der Waals surface area contributed by atoms with Crippen molar-refractivity contribution in [1.82, 2.24) is 0 Å². The summed E-state index contributed by atoms with van der Waals surface area (Å²) in [6, 6.07) is 0. The maximum atomic E-state index is 10.5. The second kappa shape index (κ2) is 4.49. The van der Waals surface area contributed by atoms with E-state index >= 15 is 0 Å². The van der Waals surface area contributed by atoms with Gasteiger partial charge in [-0.3, -0.25) is 9.59 Å². The molecule has 0 unspecified atom stereocenters. The lowest BCUT2D eigenvalue weighted by molar-refractivity contribution is -0.137. The third-order valence-corrected chi connectivity index (χ3v) is 1.04. The van der Waals surface area contributed by atoms with E-state index in [1.807, 2.05) is 0 Å². The lowest BCUT2D eigenvalue weighted by atomic mass is 10.3. The molecular weight excluding hydrogens is 146 g/mol. The zero-order valence-electron chi connectivity index (χ0n) is 6.59. The first-order chi connectivity index (χ1) is 5.07. The summed E-state index contributed by atoms with van der Waals surface area (Å²) in [5.41, 5.74) is 5.09. The number of hydrogen-bond acceptors (Lipinski definition) is 3. The lowest BCUT2D eigenvalue weighted by Crippen LogP contribution is -2.12. The van der Waals surface area contributed by atoms with Crippen LogP contribution in [0.25, 0.3) is 0 Å². The van der Waals surface area contributed by atoms with Crippen LogP contribution in [0, 0.1) is 0 Å². The SMILES string of the molecule is CCC(=O)OC=C(C)C(N)=O. The second-order valence-corrected chi connectivity index (χ2v) is 2.01. The maximum absolute atomic E-state index is 10.5. The Morgan fingerprint density at radius 1 is 1.55 bits per heavy atom. The Balaban J connectivity index is 3.92. The quantitative estimate of drug-likeness (QED) is 0.364. The van der Waals surface area contributed by atoms with Crippen molar-refractivity contribution in [3.8, 4) is 0 Å². The minimum atomic E-state index is -0.589. The van der Waals surface area contributed by atoms with Crippen molar-refractivity contribution >= 4 is 11.9 Å². The van der Waals surface area contributed by atoms with Crippen LogP contribution < -0.4 is 5.73 Å². The van der Waals surface area contributed by atoms with Crippen LogP contribution in [0.4, 0.5) is 0 Å². The number of carbonyl (C=O) groups excluding carboxylic acids is 2. The van der Waals surface area contributed by atoms with Crippen LogP contribution in [0.3, 0.4) is 0 Å². The molecule has 0 aromatic carbocycles. The van der Waals surface area contributed by atoms with E-state index < -0.39 is 5.91 Å². The molecular formula is C7H11NO3. The highest BCUT2D eigenvalue weighted by Crippen LogP contribution is 1.93. The van der Waals surface area contributed by atoms with Gasteiger partial charge in [-0.25, -0.2) is 0 Å². The molecule has 1 amide bonds. The van der Waals surface area contributed by atoms with Crippen molar-refractivity contribution < 1.29 is 14.3 Å². The molecule has 0 saturated carbocycles. The molecule has 0 aliphatic carbocycles. The van der Waals surface area contributed by atoms with Gasteiger partial charge in [0, 0.05) is 12.0 Å². The fraction of sp³-hybridized carbons (Fsp3) is 0.429. The predicted octanol–water partition coefficient (Wildman–Crippen LogP) is 0.329. The summed E-state index contributed by atoms with van der Waals surface area (Å²) >= 11 is 0. The molecule has 0 aliphatic rings. The van der Waals surface area contributed by atoms with Crippen LogP contribution in [-0.2, 0) is 14.3 Å². The van der Waals surface area contributed by atoms with Crippen molar-refractivity contribution in [2.24, 2.45) is 5.73 Å². The molecule has 0 spiro atoms. The average molecular weight is 157 g/mol. The number of amides is 1. The van der Waals surface area contributed by atoms with Crippen molar-refractivity contribution in [1.29, 1.82) is 0 Å². The van der Waals surface area contributed by atoms with Crippen molar-refractivity contribution in [3.63, 3.8) is 0 Å². The maximum Gasteiger partial charge on any atom is 0.310 e. The van der Waals surface area contributed by atoms with Gasteiger partial charge < -0.3 is 10.5 Å². The minimum Gasteiger partial charge on any atom is -0.434 e. The highest BCUT2D eigenvalue weighted by molar-refractivity contribution is 5.91. The third kappa shape index (κ3) is 4.13. The molecule has 0 bridgehead atoms. The fourth-order valence-corrected chi connectivity index (χ4v) is 0.296. The van der Waals surface area contributed by atoms with Crippen LogP contribution in [0.1, 0.15) is 20.3 Å². The molecule has 4 heteroatoms. The van der Waals surface area contributed by atoms with Gasteiger partial charge in [-0.15, -0.1) is 0 Å². The summed E-state index contributed by atoms with van der Waals surface area (Å²) < 4.78 is 4.51. The van der Waals surface area contributed by atoms with Crippen LogP contribution in [0.5, 0.6) is 0 Å². The number of esters is 1. The summed E-state index contributed by atoms with van der Waals surface area (Å²) in [5, 5.41) is 0. The molecule has 0 aliphatic heterocycles. The van der Waals surface area contributed by atoms with E-state index in [4.69, 9.17) is 5.73 Å². The third-order valence-electron chi connectivity index (χ3n) is 1.04. The largest absolute Gasteiger partial charge is 0.434 e. The van der Waals surface area contributed by atoms with Crippen LogP contribution in [-0.4, -0.2) is 11.9 Å². The van der Waals surface area contributed by atoms with Gasteiger partial charge in [-0.05, 0) is 6.92 Å². The highest BCUT2D eigenvalue weighted by atomic mass is 16.5. The molecule has 11 heavy (non-hydrogen) atoms. The molecule has 0 saturated heterocycles. The molecule has 2 N–H and O–H groups in total. The van der Waals surface area contributed by atoms with Crippen molar-refractivity contribution in [2.45, 2.75) is 20.3 Å². The van der Waals surface area contributed by atoms with Gasteiger partial charge in [0.25, 0.3) is 0 Å². The van der Waals surface area contributed by atoms with Gasteiger partial charge in [-0.1, -0.05) is 6.92 Å². The van der Waals surface area contributed by atoms with Crippen molar-refractivity contribution in [3.05, 3.63) is 11.8 Å². The normalized spacial score (nSPS) is 10.9. The molecule has 0 fully saturated rings. The van der Waals surface area contributed by atoms with E-state index in [2.05, 4.69) is 4.74 Å². The van der Waals surface area contributed by atoms with Crippen LogP contribution in [0.2, 0.25) is 0 Å². The molecule has 62 valence electrons. The van der Waals surface area contributed by atoms with E-state index in [-0.39, 0.29) is 18.0 Å². The molecule has 0 aromatic rings. The first kappa shape index (κ1) is 9.68. The standard InChI is InChI=1S/C7H11NO3/c1-3-6(9)11-4-5(2)7(8)10/h4H,3H2,1-2H3,(H2,8,10). The first-order valence-corrected chi connectivity index (χ1v) is 3.24. The highest BCUT2D eigenvalue weighted by Gasteiger charge is 1.99. The van der Waals surface area contributed by atoms with Gasteiger partial charge >= 0.3 is 5.97 Å². The average Bonchev–Trinajstić information content (AvgIpc) is 1.99. The molecule has 0 radical (unpaired) electrons. The second-order valence-electron chi connectivity index (χ2n) is 2.01. The minimum absolute atomic E-state index is 0.229. The zero-order chi connectivity index (χ0) is 8.85. The summed E-state index contributed by atoms with van der Waals surface area (Å²) in [6.07, 6.45) is 1.34. The Morgan fingerprint density at radius 2 is 2.09 bits per heavy atom. The van der Waals surface area contributed by atoms with E-state index in [1.165, 1.54) is 6.92 Å². The van der Waals surface area contributed by atoms with E-state index in [0.717, 1.165) is 6.26 Å². The number of primary amides is 1. The lowest BCUT2D eigenvalue weighted by Gasteiger charge is -1.95. The van der Waals surface area contributed by atoms with E-state index in [0.29, 0.717) is 0 Å². The monoisotopic (exact) mass is 157 g/mol. The van der Waals surface area contributed by atoms with E-state index in [9.17, 15) is 9.59 Å². The van der Waals surface area contributed by atoms with Gasteiger partial charge in [0.1, 0.15) is 6.26 Å². The Kier molecular flexibility index (Phi) is 3.95. The summed E-state index contributed by atoms with van der Waals surface area (Å²) in [7, 11) is 0. The number of carbonyl (C=O) groups is 2. The molecule has 0 rings (SSSR count). The Hall–Kier alpha value is -1.32. The fourth-order valence-electron chi connectivity index (χ4n) is 0.296. The van der Waals surface area contributed by atoms with Gasteiger partial charge in [0.2, 0.25) is 5.91 Å². The van der Waals surface area contributed by atoms with Crippen LogP contribution >= 0.6 is 0 Å². The Morgan fingerprint density at radius 3 is 2.45 bits per heavy atom. The van der Waals surface area contributed by atoms with Crippen LogP contribution in [0.15, 0.2) is 11.8 Å². The first-order valence-electron chi connectivity index (χ1n) is 3.24. The number of hydrogen-bond donors (Lipinski definition) is 1. The van der Waals surface area contributed by atoms with Gasteiger partial charge in [0.15, 0.2) is 0 Å². The Bertz CT molecular complexity index is 196. The molecule has 4 nitrogen and oxygen atoms in total. The number of ether oxygens (including phenoxy) is 1. The summed E-state index contributed by atoms with van der Waals surface area (Å²) in [5.74, 6) is -0.973. The Labute approximate surface area is 65.0 Å². The number of nitrogens with two attached hydrogens (primary N) is 1. The topological polar surface area (TPSA) is 69.4 Å². The van der Waals surface area contributed by atoms with E-state index in [1.54, 1.807) is 6.92 Å². The summed E-state index contributed by atoms with van der Waals surface area (Å²) in [6.45, 7) is 3.14. The molecule has 0 heterocycles. The van der Waals surface area contributed by atoms with Gasteiger partial charge in [-0.2, -0.15) is 0 Å². The van der Waals surface area contributed by atoms with Gasteiger partial charge in [0.05, 0.1) is 0 Å². The smallest absolute Gasteiger partial charge is 0.310 e. The predicted molar refractivity (Wildman–Crippen MR) is 39.3 cm³/mol. The van der Waals surface area contributed by atoms with Crippen molar-refractivity contribution in [2.75, 3.05) is 0 Å². The summed E-state index contributed by atoms with van der Waals surface area (Å²) in [4.78, 5) is 20.9. The molecule has 0 aromatic heterocycles.